The highest BCUT2D eigenvalue weighted by Gasteiger charge is 2.45. The van der Waals surface area contributed by atoms with Crippen molar-refractivity contribution in [2.24, 2.45) is 0 Å². The Balaban J connectivity index is 0.00000196. The standard InChI is InChI=1S/C19H23N3O3.ClH/c1-11-3-6-15-16(9-11)19(25)21(18(15)24)12(2)17(23)22-13-4-5-14(22)10-20-8-7-13;/h3,6,9,12-14,20H,4-5,7-8,10H2,1-2H3;1H. The molecule has 3 aliphatic rings. The van der Waals surface area contributed by atoms with Crippen LogP contribution in [0.1, 0.15) is 52.5 Å². The fourth-order valence-corrected chi connectivity index (χ4v) is 4.39. The van der Waals surface area contributed by atoms with E-state index in [1.807, 2.05) is 17.9 Å². The minimum atomic E-state index is -0.770. The van der Waals surface area contributed by atoms with E-state index in [4.69, 9.17) is 0 Å². The van der Waals surface area contributed by atoms with Gasteiger partial charge in [0.05, 0.1) is 11.1 Å². The lowest BCUT2D eigenvalue weighted by Gasteiger charge is -2.33. The normalized spacial score (nSPS) is 25.6. The first-order chi connectivity index (χ1) is 12.0. The first-order valence-electron chi connectivity index (χ1n) is 9.00. The highest BCUT2D eigenvalue weighted by molar-refractivity contribution is 6.22. The van der Waals surface area contributed by atoms with Crippen molar-refractivity contribution in [1.29, 1.82) is 0 Å². The first kappa shape index (κ1) is 18.9. The number of carbonyl (C=O) groups is 3. The van der Waals surface area contributed by atoms with E-state index in [0.717, 1.165) is 42.8 Å². The number of nitrogens with one attached hydrogen (secondary N) is 1. The van der Waals surface area contributed by atoms with Crippen LogP contribution >= 0.6 is 12.4 Å². The molecule has 3 aliphatic heterocycles. The summed E-state index contributed by atoms with van der Waals surface area (Å²) in [6.45, 7) is 5.26. The minimum Gasteiger partial charge on any atom is -0.334 e. The number of benzene rings is 1. The van der Waals surface area contributed by atoms with E-state index >= 15 is 0 Å². The van der Waals surface area contributed by atoms with Gasteiger partial charge in [-0.1, -0.05) is 11.6 Å². The van der Waals surface area contributed by atoms with E-state index in [1.54, 1.807) is 19.1 Å². The molecule has 140 valence electrons. The Bertz CT molecular complexity index is 752. The summed E-state index contributed by atoms with van der Waals surface area (Å²) in [6.07, 6.45) is 2.92. The van der Waals surface area contributed by atoms with Crippen LogP contribution in [0.4, 0.5) is 0 Å². The lowest BCUT2D eigenvalue weighted by Crippen LogP contribution is -2.53. The van der Waals surface area contributed by atoms with Gasteiger partial charge in [-0.05, 0) is 51.8 Å². The van der Waals surface area contributed by atoms with E-state index in [9.17, 15) is 14.4 Å². The maximum atomic E-state index is 13.2. The molecule has 1 aromatic carbocycles. The van der Waals surface area contributed by atoms with Crippen LogP contribution in [0.2, 0.25) is 0 Å². The van der Waals surface area contributed by atoms with Crippen LogP contribution in [-0.2, 0) is 4.79 Å². The van der Waals surface area contributed by atoms with Gasteiger partial charge in [0.25, 0.3) is 11.8 Å². The largest absolute Gasteiger partial charge is 0.334 e. The van der Waals surface area contributed by atoms with E-state index in [0.29, 0.717) is 11.1 Å². The molecule has 1 N–H and O–H groups in total. The summed E-state index contributed by atoms with van der Waals surface area (Å²) in [7, 11) is 0. The molecule has 3 amide bonds. The number of hydrogen-bond acceptors (Lipinski definition) is 4. The number of rotatable bonds is 2. The Morgan fingerprint density at radius 1 is 1.12 bits per heavy atom. The zero-order valence-electron chi connectivity index (χ0n) is 15.0. The van der Waals surface area contributed by atoms with Gasteiger partial charge >= 0.3 is 0 Å². The number of aryl methyl sites for hydroxylation is 1. The van der Waals surface area contributed by atoms with Crippen LogP contribution in [0, 0.1) is 6.92 Å². The van der Waals surface area contributed by atoms with Gasteiger partial charge in [-0.15, -0.1) is 12.4 Å². The zero-order chi connectivity index (χ0) is 17.7. The summed E-state index contributed by atoms with van der Waals surface area (Å²) in [4.78, 5) is 41.7. The van der Waals surface area contributed by atoms with Gasteiger partial charge in [0.2, 0.25) is 5.91 Å². The van der Waals surface area contributed by atoms with Gasteiger partial charge in [-0.2, -0.15) is 0 Å². The Morgan fingerprint density at radius 2 is 1.81 bits per heavy atom. The molecular weight excluding hydrogens is 354 g/mol. The van der Waals surface area contributed by atoms with Crippen molar-refractivity contribution >= 4 is 30.1 Å². The molecule has 7 heteroatoms. The maximum absolute atomic E-state index is 13.2. The van der Waals surface area contributed by atoms with Gasteiger partial charge in [-0.3, -0.25) is 19.3 Å². The number of nitrogens with zero attached hydrogens (tertiary/aromatic N) is 2. The third kappa shape index (κ3) is 2.81. The minimum absolute atomic E-state index is 0. The van der Waals surface area contributed by atoms with Crippen LogP contribution in [0.3, 0.4) is 0 Å². The molecule has 0 saturated carbocycles. The Morgan fingerprint density at radius 3 is 2.58 bits per heavy atom. The predicted octanol–water partition coefficient (Wildman–Crippen LogP) is 1.75. The number of hydrogen-bond donors (Lipinski definition) is 1. The van der Waals surface area contributed by atoms with Crippen LogP contribution in [-0.4, -0.2) is 58.7 Å². The summed E-state index contributed by atoms with van der Waals surface area (Å²) >= 11 is 0. The third-order valence-electron chi connectivity index (χ3n) is 5.73. The fraction of sp³-hybridized carbons (Fsp3) is 0.526. The van der Waals surface area contributed by atoms with Crippen molar-refractivity contribution in [3.8, 4) is 0 Å². The average molecular weight is 378 g/mol. The summed E-state index contributed by atoms with van der Waals surface area (Å²) in [5.74, 6) is -0.826. The van der Waals surface area contributed by atoms with Gasteiger partial charge in [-0.25, -0.2) is 0 Å². The Labute approximate surface area is 159 Å². The second-order valence-electron chi connectivity index (χ2n) is 7.33. The molecule has 3 atom stereocenters. The SMILES string of the molecule is Cc1ccc2c(c1)C(=O)N(C(C)C(=O)N1C3CCNCC1CC3)C2=O.Cl. The highest BCUT2D eigenvalue weighted by Crippen LogP contribution is 2.31. The quantitative estimate of drug-likeness (QED) is 0.797. The Kier molecular flexibility index (Phi) is 5.08. The molecule has 3 heterocycles. The van der Waals surface area contributed by atoms with Crippen LogP contribution in [0.5, 0.6) is 0 Å². The van der Waals surface area contributed by atoms with Gasteiger partial charge in [0, 0.05) is 18.6 Å². The maximum Gasteiger partial charge on any atom is 0.262 e. The summed E-state index contributed by atoms with van der Waals surface area (Å²) in [6, 6.07) is 4.84. The number of fused-ring (bicyclic) bond motifs is 3. The fourth-order valence-electron chi connectivity index (χ4n) is 4.39. The lowest BCUT2D eigenvalue weighted by molar-refractivity contribution is -0.137. The number of imide groups is 1. The molecule has 1 aromatic rings. The second-order valence-corrected chi connectivity index (χ2v) is 7.33. The monoisotopic (exact) mass is 377 g/mol. The van der Waals surface area contributed by atoms with Gasteiger partial charge in [0.15, 0.2) is 0 Å². The molecule has 0 aromatic heterocycles. The molecule has 0 spiro atoms. The Hall–Kier alpha value is -1.92. The van der Waals surface area contributed by atoms with Crippen molar-refractivity contribution in [3.63, 3.8) is 0 Å². The van der Waals surface area contributed by atoms with Crippen LogP contribution in [0.25, 0.3) is 0 Å². The molecule has 3 unspecified atom stereocenters. The van der Waals surface area contributed by atoms with E-state index in [-0.39, 0.29) is 42.2 Å². The topological polar surface area (TPSA) is 69.7 Å². The van der Waals surface area contributed by atoms with E-state index in [1.165, 1.54) is 0 Å². The molecule has 2 saturated heterocycles. The molecule has 0 aliphatic carbocycles. The van der Waals surface area contributed by atoms with Gasteiger partial charge < -0.3 is 10.2 Å². The van der Waals surface area contributed by atoms with Crippen LogP contribution in [0.15, 0.2) is 18.2 Å². The van der Waals surface area contributed by atoms with Crippen molar-refractivity contribution in [1.82, 2.24) is 15.1 Å². The molecule has 4 rings (SSSR count). The van der Waals surface area contributed by atoms with E-state index in [2.05, 4.69) is 5.32 Å². The van der Waals surface area contributed by atoms with Crippen molar-refractivity contribution < 1.29 is 14.4 Å². The van der Waals surface area contributed by atoms with Crippen molar-refractivity contribution in [2.75, 3.05) is 13.1 Å². The predicted molar refractivity (Wildman–Crippen MR) is 99.5 cm³/mol. The molecule has 0 radical (unpaired) electrons. The molecule has 26 heavy (non-hydrogen) atoms. The first-order valence-corrected chi connectivity index (χ1v) is 9.00. The van der Waals surface area contributed by atoms with Crippen molar-refractivity contribution in [2.45, 2.75) is 51.2 Å². The van der Waals surface area contributed by atoms with Crippen LogP contribution < -0.4 is 5.32 Å². The van der Waals surface area contributed by atoms with Gasteiger partial charge in [0.1, 0.15) is 6.04 Å². The second kappa shape index (κ2) is 7.00. The van der Waals surface area contributed by atoms with Crippen molar-refractivity contribution in [3.05, 3.63) is 34.9 Å². The summed E-state index contributed by atoms with van der Waals surface area (Å²) < 4.78 is 0. The average Bonchev–Trinajstić information content (AvgIpc) is 2.98. The van der Waals surface area contributed by atoms with E-state index < -0.39 is 6.04 Å². The summed E-state index contributed by atoms with van der Waals surface area (Å²) in [5, 5.41) is 3.37. The zero-order valence-corrected chi connectivity index (χ0v) is 15.8. The summed E-state index contributed by atoms with van der Waals surface area (Å²) in [5.41, 5.74) is 1.73. The smallest absolute Gasteiger partial charge is 0.262 e. The molecular formula is C19H24ClN3O3. The molecule has 2 bridgehead atoms. The lowest BCUT2D eigenvalue weighted by atomic mass is 10.1. The number of halogens is 1. The number of carbonyl (C=O) groups excluding carboxylic acids is 3. The molecule has 6 nitrogen and oxygen atoms in total. The molecule has 2 fully saturated rings. The third-order valence-corrected chi connectivity index (χ3v) is 5.73. The number of amides is 3. The highest BCUT2D eigenvalue weighted by atomic mass is 35.5.